The van der Waals surface area contributed by atoms with Crippen LogP contribution in [-0.4, -0.2) is 20.1 Å². The van der Waals surface area contributed by atoms with E-state index < -0.39 is 5.91 Å². The molecule has 0 atom stereocenters. The van der Waals surface area contributed by atoms with Crippen LogP contribution in [0.3, 0.4) is 0 Å². The van der Waals surface area contributed by atoms with E-state index in [1.54, 1.807) is 18.2 Å². The monoisotopic (exact) mass is 337 g/mol. The molecule has 2 aromatic carbocycles. The quantitative estimate of drug-likeness (QED) is 0.623. The summed E-state index contributed by atoms with van der Waals surface area (Å²) in [7, 11) is 3.03. The summed E-state index contributed by atoms with van der Waals surface area (Å²) in [6.07, 6.45) is 1.38. The fraction of sp³-hybridized carbons (Fsp3) is 0.158. The molecule has 0 fully saturated rings. The largest absolute Gasteiger partial charge is 0.497 e. The molecule has 0 aliphatic rings. The Balaban J connectivity index is 2.19. The maximum atomic E-state index is 12.4. The molecule has 25 heavy (non-hydrogen) atoms. The van der Waals surface area contributed by atoms with Gasteiger partial charge in [-0.05, 0) is 30.7 Å². The van der Waals surface area contributed by atoms with Gasteiger partial charge in [0.25, 0.3) is 5.91 Å². The number of ether oxygens (including phenoxy) is 2. The molecule has 128 valence electrons. The lowest BCUT2D eigenvalue weighted by Gasteiger charge is -2.11. The standard InChI is InChI=1S/C19H19N3O3/c1-13-6-4-5-7-16(13)21-12-14(11-20)19(23)22-17-10-15(24-2)8-9-18(17)25-3/h4-10,12,21H,1-3H3,(H,22,23)/b14-12-. The SMILES string of the molecule is COc1ccc(OC)c(NC(=O)/C(C#N)=C\Nc2ccccc2C)c1. The van der Waals surface area contributed by atoms with Crippen molar-refractivity contribution in [3.8, 4) is 17.6 Å². The van der Waals surface area contributed by atoms with Crippen LogP contribution in [0.25, 0.3) is 0 Å². The molecule has 0 heterocycles. The number of nitrogens with zero attached hydrogens (tertiary/aromatic N) is 1. The lowest BCUT2D eigenvalue weighted by molar-refractivity contribution is -0.112. The zero-order valence-electron chi connectivity index (χ0n) is 14.3. The van der Waals surface area contributed by atoms with E-state index in [1.165, 1.54) is 20.4 Å². The molecule has 0 unspecified atom stereocenters. The van der Waals surface area contributed by atoms with E-state index in [9.17, 15) is 10.1 Å². The van der Waals surface area contributed by atoms with E-state index >= 15 is 0 Å². The highest BCUT2D eigenvalue weighted by Crippen LogP contribution is 2.29. The highest BCUT2D eigenvalue weighted by Gasteiger charge is 2.13. The fourth-order valence-corrected chi connectivity index (χ4v) is 2.13. The molecular formula is C19H19N3O3. The number of rotatable bonds is 6. The van der Waals surface area contributed by atoms with Gasteiger partial charge in [0, 0.05) is 18.0 Å². The van der Waals surface area contributed by atoms with Gasteiger partial charge in [-0.15, -0.1) is 0 Å². The number of amides is 1. The van der Waals surface area contributed by atoms with Crippen LogP contribution in [0.2, 0.25) is 0 Å². The summed E-state index contributed by atoms with van der Waals surface area (Å²) in [6.45, 7) is 1.93. The van der Waals surface area contributed by atoms with E-state index in [2.05, 4.69) is 10.6 Å². The Morgan fingerprint density at radius 3 is 2.52 bits per heavy atom. The van der Waals surface area contributed by atoms with Gasteiger partial charge in [0.05, 0.1) is 19.9 Å². The van der Waals surface area contributed by atoms with E-state index in [1.807, 2.05) is 37.3 Å². The normalized spacial score (nSPS) is 10.6. The zero-order valence-corrected chi connectivity index (χ0v) is 14.3. The van der Waals surface area contributed by atoms with E-state index in [-0.39, 0.29) is 5.57 Å². The molecule has 2 N–H and O–H groups in total. The van der Waals surface area contributed by atoms with Crippen molar-refractivity contribution < 1.29 is 14.3 Å². The summed E-state index contributed by atoms with van der Waals surface area (Å²) in [6, 6.07) is 14.5. The van der Waals surface area contributed by atoms with Gasteiger partial charge < -0.3 is 20.1 Å². The molecule has 6 nitrogen and oxygen atoms in total. The Labute approximate surface area is 146 Å². The van der Waals surface area contributed by atoms with Crippen molar-refractivity contribution in [2.75, 3.05) is 24.9 Å². The number of carbonyl (C=O) groups excluding carboxylic acids is 1. The third-order valence-corrected chi connectivity index (χ3v) is 3.54. The first-order valence-electron chi connectivity index (χ1n) is 7.55. The maximum Gasteiger partial charge on any atom is 0.267 e. The molecule has 1 amide bonds. The molecule has 0 radical (unpaired) electrons. The molecule has 2 rings (SSSR count). The van der Waals surface area contributed by atoms with Crippen molar-refractivity contribution in [2.24, 2.45) is 0 Å². The lowest BCUT2D eigenvalue weighted by atomic mass is 10.2. The molecule has 0 aromatic heterocycles. The van der Waals surface area contributed by atoms with Crippen LogP contribution in [0.4, 0.5) is 11.4 Å². The van der Waals surface area contributed by atoms with Crippen molar-refractivity contribution in [2.45, 2.75) is 6.92 Å². The molecule has 0 aliphatic heterocycles. The molecule has 0 aliphatic carbocycles. The van der Waals surface area contributed by atoms with Crippen LogP contribution < -0.4 is 20.1 Å². The smallest absolute Gasteiger partial charge is 0.267 e. The second kappa shape index (κ2) is 8.41. The number of methoxy groups -OCH3 is 2. The second-order valence-corrected chi connectivity index (χ2v) is 5.15. The number of para-hydroxylation sites is 1. The second-order valence-electron chi connectivity index (χ2n) is 5.15. The molecule has 0 saturated heterocycles. The van der Waals surface area contributed by atoms with Crippen LogP contribution in [-0.2, 0) is 4.79 Å². The van der Waals surface area contributed by atoms with Gasteiger partial charge in [-0.1, -0.05) is 18.2 Å². The predicted octanol–water partition coefficient (Wildman–Crippen LogP) is 3.47. The van der Waals surface area contributed by atoms with Crippen LogP contribution in [0.1, 0.15) is 5.56 Å². The van der Waals surface area contributed by atoms with Crippen LogP contribution in [0.15, 0.2) is 54.2 Å². The number of carbonyl (C=O) groups is 1. The Morgan fingerprint density at radius 1 is 1.12 bits per heavy atom. The topological polar surface area (TPSA) is 83.4 Å². The number of nitrogens with one attached hydrogen (secondary N) is 2. The van der Waals surface area contributed by atoms with Crippen LogP contribution in [0, 0.1) is 18.3 Å². The Bertz CT molecular complexity index is 838. The van der Waals surface area contributed by atoms with Gasteiger partial charge in [0.15, 0.2) is 0 Å². The molecule has 2 aromatic rings. The minimum atomic E-state index is -0.546. The van der Waals surface area contributed by atoms with E-state index in [0.29, 0.717) is 17.2 Å². The van der Waals surface area contributed by atoms with Crippen molar-refractivity contribution in [3.05, 3.63) is 59.8 Å². The van der Waals surface area contributed by atoms with Gasteiger partial charge in [-0.25, -0.2) is 0 Å². The first-order valence-corrected chi connectivity index (χ1v) is 7.55. The first-order chi connectivity index (χ1) is 12.1. The van der Waals surface area contributed by atoms with Crippen LogP contribution in [0.5, 0.6) is 11.5 Å². The summed E-state index contributed by atoms with van der Waals surface area (Å²) in [4.78, 5) is 12.4. The van der Waals surface area contributed by atoms with E-state index in [4.69, 9.17) is 9.47 Å². The van der Waals surface area contributed by atoms with Gasteiger partial charge in [-0.2, -0.15) is 5.26 Å². The minimum absolute atomic E-state index is 0.0619. The van der Waals surface area contributed by atoms with Crippen molar-refractivity contribution in [3.63, 3.8) is 0 Å². The summed E-state index contributed by atoms with van der Waals surface area (Å²) < 4.78 is 10.4. The Morgan fingerprint density at radius 2 is 1.88 bits per heavy atom. The molecular weight excluding hydrogens is 318 g/mol. The van der Waals surface area contributed by atoms with Gasteiger partial charge in [0.1, 0.15) is 23.1 Å². The van der Waals surface area contributed by atoms with Gasteiger partial charge >= 0.3 is 0 Å². The van der Waals surface area contributed by atoms with Crippen LogP contribution >= 0.6 is 0 Å². The number of benzene rings is 2. The molecule has 0 bridgehead atoms. The third kappa shape index (κ3) is 4.52. The Hall–Kier alpha value is -3.46. The minimum Gasteiger partial charge on any atom is -0.497 e. The predicted molar refractivity (Wildman–Crippen MR) is 96.7 cm³/mol. The summed E-state index contributed by atoms with van der Waals surface area (Å²) in [5, 5.41) is 14.9. The average Bonchev–Trinajstić information content (AvgIpc) is 2.63. The van der Waals surface area contributed by atoms with Crippen molar-refractivity contribution in [1.82, 2.24) is 0 Å². The first kappa shape index (κ1) is 17.9. The number of hydrogen-bond donors (Lipinski definition) is 2. The van der Waals surface area contributed by atoms with Gasteiger partial charge in [-0.3, -0.25) is 4.79 Å². The average molecular weight is 337 g/mol. The Kier molecular flexibility index (Phi) is 6.02. The summed E-state index contributed by atoms with van der Waals surface area (Å²) in [5.74, 6) is 0.491. The lowest BCUT2D eigenvalue weighted by Crippen LogP contribution is -2.15. The molecule has 0 spiro atoms. The number of anilines is 2. The summed E-state index contributed by atoms with van der Waals surface area (Å²) >= 11 is 0. The highest BCUT2D eigenvalue weighted by atomic mass is 16.5. The van der Waals surface area contributed by atoms with Gasteiger partial charge in [0.2, 0.25) is 0 Å². The molecule has 6 heteroatoms. The highest BCUT2D eigenvalue weighted by molar-refractivity contribution is 6.07. The fourth-order valence-electron chi connectivity index (χ4n) is 2.13. The zero-order chi connectivity index (χ0) is 18.2. The maximum absolute atomic E-state index is 12.4. The van der Waals surface area contributed by atoms with Crippen molar-refractivity contribution in [1.29, 1.82) is 5.26 Å². The van der Waals surface area contributed by atoms with Crippen molar-refractivity contribution >= 4 is 17.3 Å². The number of aryl methyl sites for hydroxylation is 1. The third-order valence-electron chi connectivity index (χ3n) is 3.54. The number of nitriles is 1. The number of hydrogen-bond acceptors (Lipinski definition) is 5. The molecule has 0 saturated carbocycles. The van der Waals surface area contributed by atoms with E-state index in [0.717, 1.165) is 11.3 Å². The summed E-state index contributed by atoms with van der Waals surface area (Å²) in [5.41, 5.74) is 2.19.